The molecule has 3 N–H and O–H groups in total. The smallest absolute Gasteiger partial charge is 0.406 e. The molecule has 2 aliphatic rings. The first kappa shape index (κ1) is 18.1. The number of hydrogen-bond acceptors (Lipinski definition) is 4. The summed E-state index contributed by atoms with van der Waals surface area (Å²) in [6.07, 6.45) is -1.16. The van der Waals surface area contributed by atoms with Gasteiger partial charge in [-0.05, 0) is 68.3 Å². The number of nitrogens with zero attached hydrogens (tertiary/aromatic N) is 1. The maximum absolute atomic E-state index is 12.6. The van der Waals surface area contributed by atoms with E-state index in [9.17, 15) is 18.0 Å². The summed E-state index contributed by atoms with van der Waals surface area (Å²) >= 11 is 0. The van der Waals surface area contributed by atoms with Crippen molar-refractivity contribution in [3.63, 3.8) is 0 Å². The maximum atomic E-state index is 12.6. The molecule has 4 rings (SSSR count). The molecule has 1 saturated carbocycles. The van der Waals surface area contributed by atoms with Crippen LogP contribution in [-0.4, -0.2) is 42.1 Å². The van der Waals surface area contributed by atoms with Crippen LogP contribution in [0.5, 0.6) is 5.75 Å². The monoisotopic (exact) mass is 382 g/mol. The second kappa shape index (κ2) is 7.03. The second-order valence-electron chi connectivity index (χ2n) is 7.29. The van der Waals surface area contributed by atoms with E-state index in [2.05, 4.69) is 25.6 Å². The van der Waals surface area contributed by atoms with Crippen LogP contribution in [-0.2, 0) is 0 Å². The lowest BCUT2D eigenvalue weighted by atomic mass is 9.66. The Hall–Kier alpha value is -2.29. The zero-order valence-electron chi connectivity index (χ0n) is 14.6. The largest absolute Gasteiger partial charge is 0.573 e. The van der Waals surface area contributed by atoms with Crippen LogP contribution in [0, 0.1) is 17.8 Å². The van der Waals surface area contributed by atoms with Crippen molar-refractivity contribution in [1.29, 1.82) is 0 Å². The van der Waals surface area contributed by atoms with Crippen molar-refractivity contribution < 1.29 is 22.7 Å². The van der Waals surface area contributed by atoms with E-state index < -0.39 is 12.3 Å². The minimum atomic E-state index is -4.79. The van der Waals surface area contributed by atoms with Gasteiger partial charge >= 0.3 is 6.36 Å². The summed E-state index contributed by atoms with van der Waals surface area (Å²) in [5.41, 5.74) is 0.550. The fourth-order valence-corrected chi connectivity index (χ4v) is 4.19. The number of nitrogens with one attached hydrogen (secondary N) is 3. The van der Waals surface area contributed by atoms with Crippen LogP contribution in [0.25, 0.3) is 10.9 Å². The third-order valence-electron chi connectivity index (χ3n) is 5.69. The van der Waals surface area contributed by atoms with Crippen molar-refractivity contribution >= 4 is 16.8 Å². The summed E-state index contributed by atoms with van der Waals surface area (Å²) in [5, 5.41) is 13.3. The van der Waals surface area contributed by atoms with Crippen molar-refractivity contribution in [2.45, 2.75) is 25.6 Å². The third-order valence-corrected chi connectivity index (χ3v) is 5.69. The first-order valence-corrected chi connectivity index (χ1v) is 9.13. The van der Waals surface area contributed by atoms with Crippen LogP contribution in [0.3, 0.4) is 0 Å². The van der Waals surface area contributed by atoms with Gasteiger partial charge in [-0.2, -0.15) is 5.10 Å². The van der Waals surface area contributed by atoms with Gasteiger partial charge in [-0.3, -0.25) is 9.89 Å². The van der Waals surface area contributed by atoms with Crippen molar-refractivity contribution in [3.8, 4) is 5.75 Å². The van der Waals surface area contributed by atoms with Gasteiger partial charge in [0.15, 0.2) is 5.69 Å². The average Bonchev–Trinajstić information content (AvgIpc) is 2.93. The number of aromatic nitrogens is 2. The van der Waals surface area contributed by atoms with Gasteiger partial charge in [-0.25, -0.2) is 0 Å². The Balaban J connectivity index is 1.46. The lowest BCUT2D eigenvalue weighted by Gasteiger charge is -2.40. The molecule has 27 heavy (non-hydrogen) atoms. The SMILES string of the molecule is O=C(NCC1CNCCC2CC[C@@H]21)c1n[nH]c2ccc(OC(F)(F)F)cc12. The van der Waals surface area contributed by atoms with E-state index in [4.69, 9.17) is 0 Å². The van der Waals surface area contributed by atoms with E-state index in [-0.39, 0.29) is 11.4 Å². The molecular weight excluding hydrogens is 361 g/mol. The first-order chi connectivity index (χ1) is 12.9. The van der Waals surface area contributed by atoms with E-state index in [0.29, 0.717) is 29.3 Å². The van der Waals surface area contributed by atoms with Crippen LogP contribution in [0.2, 0.25) is 0 Å². The third kappa shape index (κ3) is 3.87. The number of aromatic amines is 1. The van der Waals surface area contributed by atoms with Gasteiger partial charge < -0.3 is 15.4 Å². The van der Waals surface area contributed by atoms with Crippen LogP contribution in [0.1, 0.15) is 29.8 Å². The molecular formula is C18H21F3N4O2. The molecule has 0 bridgehead atoms. The number of fused-ring (bicyclic) bond motifs is 2. The first-order valence-electron chi connectivity index (χ1n) is 9.13. The number of carbonyl (C=O) groups is 1. The van der Waals surface area contributed by atoms with Gasteiger partial charge in [0.25, 0.3) is 5.91 Å². The maximum Gasteiger partial charge on any atom is 0.573 e. The number of carbonyl (C=O) groups excluding carboxylic acids is 1. The van der Waals surface area contributed by atoms with Gasteiger partial charge in [0.1, 0.15) is 5.75 Å². The normalized spacial score (nSPS) is 25.4. The van der Waals surface area contributed by atoms with Crippen LogP contribution in [0.15, 0.2) is 18.2 Å². The quantitative estimate of drug-likeness (QED) is 0.760. The molecule has 1 aromatic carbocycles. The molecule has 1 aliphatic carbocycles. The van der Waals surface area contributed by atoms with Crippen molar-refractivity contribution in [2.24, 2.45) is 17.8 Å². The summed E-state index contributed by atoms with van der Waals surface area (Å²) in [6.45, 7) is 2.41. The molecule has 0 spiro atoms. The average molecular weight is 382 g/mol. The standard InChI is InChI=1S/C18H21F3N4O2/c19-18(20,21)27-12-2-4-15-14(7-12)16(25-24-15)17(26)23-9-11-8-22-6-5-10-1-3-13(10)11/h2,4,7,10-11,13,22H,1,3,5-6,8-9H2,(H,23,26)(H,24,25)/t10?,11?,13-/m0/s1. The minimum Gasteiger partial charge on any atom is -0.406 e. The highest BCUT2D eigenvalue weighted by molar-refractivity contribution is 6.05. The number of amides is 1. The molecule has 9 heteroatoms. The van der Waals surface area contributed by atoms with Crippen LogP contribution < -0.4 is 15.4 Å². The molecule has 1 aromatic heterocycles. The summed E-state index contributed by atoms with van der Waals surface area (Å²) in [4.78, 5) is 12.6. The number of alkyl halides is 3. The Bertz CT molecular complexity index is 836. The Morgan fingerprint density at radius 3 is 2.89 bits per heavy atom. The zero-order valence-corrected chi connectivity index (χ0v) is 14.6. The predicted octanol–water partition coefficient (Wildman–Crippen LogP) is 2.83. The van der Waals surface area contributed by atoms with E-state index in [1.165, 1.54) is 37.5 Å². The molecule has 2 fully saturated rings. The molecule has 3 atom stereocenters. The van der Waals surface area contributed by atoms with E-state index in [1.807, 2.05) is 0 Å². The lowest BCUT2D eigenvalue weighted by molar-refractivity contribution is -0.274. The number of halogens is 3. The Morgan fingerprint density at radius 2 is 2.15 bits per heavy atom. The van der Waals surface area contributed by atoms with Gasteiger partial charge in [0, 0.05) is 11.9 Å². The van der Waals surface area contributed by atoms with E-state index >= 15 is 0 Å². The molecule has 146 valence electrons. The minimum absolute atomic E-state index is 0.0735. The van der Waals surface area contributed by atoms with Crippen molar-refractivity contribution in [1.82, 2.24) is 20.8 Å². The Labute approximate surface area is 153 Å². The molecule has 1 saturated heterocycles. The molecule has 1 amide bonds. The zero-order chi connectivity index (χ0) is 19.0. The predicted molar refractivity (Wildman–Crippen MR) is 92.3 cm³/mol. The van der Waals surface area contributed by atoms with Gasteiger partial charge in [-0.1, -0.05) is 0 Å². The Kier molecular flexibility index (Phi) is 4.71. The number of rotatable bonds is 4. The van der Waals surface area contributed by atoms with E-state index in [0.717, 1.165) is 19.0 Å². The fourth-order valence-electron chi connectivity index (χ4n) is 4.19. The Morgan fingerprint density at radius 1 is 1.30 bits per heavy atom. The highest BCUT2D eigenvalue weighted by Crippen LogP contribution is 2.42. The number of benzene rings is 1. The summed E-state index contributed by atoms with van der Waals surface area (Å²) in [7, 11) is 0. The lowest BCUT2D eigenvalue weighted by Crippen LogP contribution is -2.41. The van der Waals surface area contributed by atoms with Crippen molar-refractivity contribution in [3.05, 3.63) is 23.9 Å². The van der Waals surface area contributed by atoms with Crippen LogP contribution in [0.4, 0.5) is 13.2 Å². The van der Waals surface area contributed by atoms with E-state index in [1.54, 1.807) is 0 Å². The van der Waals surface area contributed by atoms with Gasteiger partial charge in [0.05, 0.1) is 5.52 Å². The summed E-state index contributed by atoms with van der Waals surface area (Å²) < 4.78 is 41.2. The van der Waals surface area contributed by atoms with Gasteiger partial charge in [-0.15, -0.1) is 13.2 Å². The number of hydrogen-bond donors (Lipinski definition) is 3. The molecule has 2 unspecified atom stereocenters. The molecule has 2 heterocycles. The highest BCUT2D eigenvalue weighted by atomic mass is 19.4. The second-order valence-corrected chi connectivity index (χ2v) is 7.29. The van der Waals surface area contributed by atoms with Crippen LogP contribution >= 0.6 is 0 Å². The molecule has 6 nitrogen and oxygen atoms in total. The highest BCUT2D eigenvalue weighted by Gasteiger charge is 2.38. The number of ether oxygens (including phenoxy) is 1. The fraction of sp³-hybridized carbons (Fsp3) is 0.556. The van der Waals surface area contributed by atoms with Gasteiger partial charge in [0.2, 0.25) is 0 Å². The molecule has 2 aromatic rings. The number of H-pyrrole nitrogens is 1. The molecule has 0 radical (unpaired) electrons. The summed E-state index contributed by atoms with van der Waals surface area (Å²) in [5.74, 6) is 0.948. The van der Waals surface area contributed by atoms with Crippen molar-refractivity contribution in [2.75, 3.05) is 19.6 Å². The molecule has 1 aliphatic heterocycles. The topological polar surface area (TPSA) is 79.0 Å². The summed E-state index contributed by atoms with van der Waals surface area (Å²) in [6, 6.07) is 3.77.